The average Bonchev–Trinajstić information content (AvgIpc) is 2.60. The maximum atomic E-state index is 5.78. The zero-order chi connectivity index (χ0) is 9.26. The fourth-order valence-corrected chi connectivity index (χ4v) is 2.10. The van der Waals surface area contributed by atoms with E-state index in [1.54, 1.807) is 0 Å². The minimum Gasteiger partial charge on any atom is -0.324 e. The molecular weight excluding hydrogens is 160 g/mol. The van der Waals surface area contributed by atoms with Gasteiger partial charge in [0.15, 0.2) is 0 Å². The van der Waals surface area contributed by atoms with E-state index in [1.807, 2.05) is 0 Å². The molecule has 4 atom stereocenters. The summed E-state index contributed by atoms with van der Waals surface area (Å²) in [5, 5.41) is 3.53. The summed E-state index contributed by atoms with van der Waals surface area (Å²) in [6.07, 6.45) is 6.94. The Morgan fingerprint density at radius 3 is 2.62 bits per heavy atom. The van der Waals surface area contributed by atoms with Crippen molar-refractivity contribution in [2.45, 2.75) is 25.8 Å². The van der Waals surface area contributed by atoms with Gasteiger partial charge in [-0.2, -0.15) is 0 Å². The molecule has 0 aromatic rings. The van der Waals surface area contributed by atoms with E-state index in [0.29, 0.717) is 12.0 Å². The summed E-state index contributed by atoms with van der Waals surface area (Å²) in [4.78, 5) is 0. The van der Waals surface area contributed by atoms with Gasteiger partial charge in [-0.25, -0.2) is 0 Å². The summed E-state index contributed by atoms with van der Waals surface area (Å²) in [6.45, 7) is 4.66. The van der Waals surface area contributed by atoms with Gasteiger partial charge in [-0.15, -0.1) is 0 Å². The summed E-state index contributed by atoms with van der Waals surface area (Å²) in [7, 11) is 0. The Morgan fingerprint density at radius 1 is 1.31 bits per heavy atom. The van der Waals surface area contributed by atoms with E-state index in [9.17, 15) is 0 Å². The molecule has 2 rings (SSSR count). The third-order valence-corrected chi connectivity index (χ3v) is 3.29. The van der Waals surface area contributed by atoms with Gasteiger partial charge in [-0.3, -0.25) is 0 Å². The van der Waals surface area contributed by atoms with E-state index in [2.05, 4.69) is 24.4 Å². The monoisotopic (exact) mass is 180 g/mol. The zero-order valence-electron chi connectivity index (χ0n) is 8.37. The number of hydrogen-bond donors (Lipinski definition) is 2. The van der Waals surface area contributed by atoms with Gasteiger partial charge in [0.05, 0.1) is 0 Å². The van der Waals surface area contributed by atoms with E-state index in [0.717, 1.165) is 24.8 Å². The van der Waals surface area contributed by atoms with E-state index >= 15 is 0 Å². The Morgan fingerprint density at radius 2 is 2.08 bits per heavy atom. The molecule has 4 unspecified atom stereocenters. The molecule has 0 radical (unpaired) electrons. The number of rotatable bonds is 4. The van der Waals surface area contributed by atoms with Crippen molar-refractivity contribution in [1.29, 1.82) is 0 Å². The number of nitrogens with two attached hydrogens (primary N) is 1. The molecule has 0 bridgehead atoms. The molecule has 0 aromatic carbocycles. The van der Waals surface area contributed by atoms with Crippen molar-refractivity contribution in [3.63, 3.8) is 0 Å². The predicted molar refractivity (Wildman–Crippen MR) is 55.4 cm³/mol. The van der Waals surface area contributed by atoms with E-state index < -0.39 is 0 Å². The molecule has 0 saturated heterocycles. The van der Waals surface area contributed by atoms with Gasteiger partial charge in [-0.1, -0.05) is 19.1 Å². The van der Waals surface area contributed by atoms with Crippen LogP contribution in [-0.2, 0) is 0 Å². The van der Waals surface area contributed by atoms with Crippen molar-refractivity contribution in [1.82, 2.24) is 5.32 Å². The maximum absolute atomic E-state index is 5.78. The summed E-state index contributed by atoms with van der Waals surface area (Å²) in [5.74, 6) is 2.61. The van der Waals surface area contributed by atoms with Crippen LogP contribution in [-0.4, -0.2) is 19.1 Å². The minimum absolute atomic E-state index is 0.312. The second-order valence-corrected chi connectivity index (χ2v) is 4.68. The Bertz CT molecular complexity index is 200. The standard InChI is InChI=1S/C11H20N2/c1-8-4-10(8)7-13-6-9-2-3-11(12)5-9/h2-3,8-11,13H,4-7,12H2,1H3. The van der Waals surface area contributed by atoms with E-state index in [-0.39, 0.29) is 0 Å². The van der Waals surface area contributed by atoms with Crippen molar-refractivity contribution >= 4 is 0 Å². The first-order valence-electron chi connectivity index (χ1n) is 5.40. The van der Waals surface area contributed by atoms with Crippen LogP contribution in [0, 0.1) is 17.8 Å². The smallest absolute Gasteiger partial charge is 0.0229 e. The highest BCUT2D eigenvalue weighted by Gasteiger charge is 2.31. The molecule has 74 valence electrons. The molecule has 0 amide bonds. The normalized spacial score (nSPS) is 42.6. The first-order valence-corrected chi connectivity index (χ1v) is 5.40. The molecule has 13 heavy (non-hydrogen) atoms. The molecule has 1 fully saturated rings. The molecule has 0 aromatic heterocycles. The molecule has 2 aliphatic rings. The van der Waals surface area contributed by atoms with Crippen molar-refractivity contribution in [3.05, 3.63) is 12.2 Å². The topological polar surface area (TPSA) is 38.0 Å². The Labute approximate surface area is 80.6 Å². The minimum atomic E-state index is 0.312. The van der Waals surface area contributed by atoms with E-state index in [4.69, 9.17) is 5.73 Å². The summed E-state index contributed by atoms with van der Waals surface area (Å²) >= 11 is 0. The third-order valence-electron chi connectivity index (χ3n) is 3.29. The molecule has 1 saturated carbocycles. The molecule has 2 aliphatic carbocycles. The highest BCUT2D eigenvalue weighted by atomic mass is 14.9. The maximum Gasteiger partial charge on any atom is 0.0229 e. The fourth-order valence-electron chi connectivity index (χ4n) is 2.10. The molecule has 0 aliphatic heterocycles. The zero-order valence-corrected chi connectivity index (χ0v) is 8.37. The Hall–Kier alpha value is -0.340. The van der Waals surface area contributed by atoms with Gasteiger partial charge in [0.1, 0.15) is 0 Å². The summed E-state index contributed by atoms with van der Waals surface area (Å²) < 4.78 is 0. The first-order chi connectivity index (χ1) is 6.25. The van der Waals surface area contributed by atoms with Crippen molar-refractivity contribution in [2.24, 2.45) is 23.5 Å². The van der Waals surface area contributed by atoms with Crippen molar-refractivity contribution in [2.75, 3.05) is 13.1 Å². The largest absolute Gasteiger partial charge is 0.324 e. The van der Waals surface area contributed by atoms with Gasteiger partial charge in [-0.05, 0) is 37.1 Å². The molecule has 3 N–H and O–H groups in total. The Kier molecular flexibility index (Phi) is 2.70. The molecule has 2 heteroatoms. The fraction of sp³-hybridized carbons (Fsp3) is 0.818. The van der Waals surface area contributed by atoms with Gasteiger partial charge in [0.25, 0.3) is 0 Å². The van der Waals surface area contributed by atoms with E-state index in [1.165, 1.54) is 13.0 Å². The second-order valence-electron chi connectivity index (χ2n) is 4.68. The lowest BCUT2D eigenvalue weighted by molar-refractivity contribution is 0.510. The second kappa shape index (κ2) is 3.81. The molecule has 0 heterocycles. The van der Waals surface area contributed by atoms with Crippen LogP contribution in [0.2, 0.25) is 0 Å². The highest BCUT2D eigenvalue weighted by Crippen LogP contribution is 2.36. The van der Waals surface area contributed by atoms with Gasteiger partial charge < -0.3 is 11.1 Å². The van der Waals surface area contributed by atoms with Gasteiger partial charge >= 0.3 is 0 Å². The molecular formula is C11H20N2. The van der Waals surface area contributed by atoms with Crippen molar-refractivity contribution < 1.29 is 0 Å². The Balaban J connectivity index is 1.56. The predicted octanol–water partition coefficient (Wildman–Crippen LogP) is 1.14. The van der Waals surface area contributed by atoms with Crippen LogP contribution in [0.4, 0.5) is 0 Å². The average molecular weight is 180 g/mol. The lowest BCUT2D eigenvalue weighted by Crippen LogP contribution is -2.25. The van der Waals surface area contributed by atoms with Crippen molar-refractivity contribution in [3.8, 4) is 0 Å². The summed E-state index contributed by atoms with van der Waals surface area (Å²) in [5.41, 5.74) is 5.78. The van der Waals surface area contributed by atoms with Gasteiger partial charge in [0.2, 0.25) is 0 Å². The van der Waals surface area contributed by atoms with Crippen LogP contribution in [0.25, 0.3) is 0 Å². The van der Waals surface area contributed by atoms with Crippen LogP contribution in [0.3, 0.4) is 0 Å². The molecule has 0 spiro atoms. The number of hydrogen-bond acceptors (Lipinski definition) is 2. The number of nitrogens with one attached hydrogen (secondary N) is 1. The van der Waals surface area contributed by atoms with Crippen LogP contribution in [0.15, 0.2) is 12.2 Å². The summed E-state index contributed by atoms with van der Waals surface area (Å²) in [6, 6.07) is 0.312. The van der Waals surface area contributed by atoms with Crippen LogP contribution in [0.5, 0.6) is 0 Å². The SMILES string of the molecule is CC1CC1CNCC1C=CC(N)C1. The van der Waals surface area contributed by atoms with Crippen LogP contribution in [0.1, 0.15) is 19.8 Å². The lowest BCUT2D eigenvalue weighted by Gasteiger charge is -2.10. The molecule has 2 nitrogen and oxygen atoms in total. The van der Waals surface area contributed by atoms with Crippen LogP contribution < -0.4 is 11.1 Å². The highest BCUT2D eigenvalue weighted by molar-refractivity contribution is 5.05. The first kappa shape index (κ1) is 9.22. The third kappa shape index (κ3) is 2.55. The van der Waals surface area contributed by atoms with Crippen LogP contribution >= 0.6 is 0 Å². The lowest BCUT2D eigenvalue weighted by atomic mass is 10.1. The quantitative estimate of drug-likeness (QED) is 0.637. The van der Waals surface area contributed by atoms with Gasteiger partial charge in [0, 0.05) is 12.6 Å².